The van der Waals surface area contributed by atoms with Crippen LogP contribution in [0.15, 0.2) is 229 Å². The Hall–Kier alpha value is -8.34. The van der Waals surface area contributed by atoms with Crippen LogP contribution in [0.3, 0.4) is 0 Å². The SMILES string of the molecule is c1ccc(-c2cc(-c3ccc4c(c3)oc3ccccc34)nc(-c3cccc(-n4c5ccccc5c5cc6c(cc54)C(c4ccccc4)(c4ccccc4)c4ccccc4-6)c3)n2)cc1. The molecule has 4 nitrogen and oxygen atoms in total. The summed E-state index contributed by atoms with van der Waals surface area (Å²) >= 11 is 0. The highest BCUT2D eigenvalue weighted by Gasteiger charge is 2.46. The Labute approximate surface area is 364 Å². The summed E-state index contributed by atoms with van der Waals surface area (Å²) in [6, 6.07) is 80.4. The second-order valence-electron chi connectivity index (χ2n) is 16.5. The van der Waals surface area contributed by atoms with Gasteiger partial charge in [0.1, 0.15) is 11.2 Å². The predicted octanol–water partition coefficient (Wildman–Crippen LogP) is 14.8. The normalized spacial score (nSPS) is 12.9. The summed E-state index contributed by atoms with van der Waals surface area (Å²) in [6.07, 6.45) is 0. The van der Waals surface area contributed by atoms with Crippen molar-refractivity contribution in [3.8, 4) is 50.7 Å². The molecular weight excluding hydrogens is 767 g/mol. The van der Waals surface area contributed by atoms with E-state index in [-0.39, 0.29) is 0 Å². The number of fused-ring (bicyclic) bond motifs is 9. The molecule has 0 saturated carbocycles. The van der Waals surface area contributed by atoms with E-state index in [1.807, 2.05) is 18.2 Å². The topological polar surface area (TPSA) is 43.9 Å². The van der Waals surface area contributed by atoms with E-state index in [1.54, 1.807) is 0 Å². The van der Waals surface area contributed by atoms with E-state index in [0.717, 1.165) is 66.7 Å². The van der Waals surface area contributed by atoms with Crippen molar-refractivity contribution in [2.75, 3.05) is 0 Å². The minimum absolute atomic E-state index is 0.515. The highest BCUT2D eigenvalue weighted by Crippen LogP contribution is 2.57. The fraction of sp³-hybridized carbons (Fsp3) is 0.0169. The van der Waals surface area contributed by atoms with Crippen molar-refractivity contribution in [3.63, 3.8) is 0 Å². The number of aromatic nitrogens is 3. The van der Waals surface area contributed by atoms with E-state index < -0.39 is 5.41 Å². The molecule has 9 aromatic carbocycles. The third kappa shape index (κ3) is 5.35. The molecule has 294 valence electrons. The van der Waals surface area contributed by atoms with Crippen molar-refractivity contribution < 1.29 is 4.42 Å². The molecule has 0 radical (unpaired) electrons. The molecule has 12 aromatic rings. The van der Waals surface area contributed by atoms with Crippen LogP contribution >= 0.6 is 0 Å². The van der Waals surface area contributed by atoms with Crippen LogP contribution in [0.5, 0.6) is 0 Å². The van der Waals surface area contributed by atoms with Gasteiger partial charge in [0.2, 0.25) is 0 Å². The molecule has 0 bridgehead atoms. The maximum Gasteiger partial charge on any atom is 0.160 e. The average Bonchev–Trinajstić information content (AvgIpc) is 4.00. The van der Waals surface area contributed by atoms with Gasteiger partial charge in [-0.05, 0) is 88.0 Å². The molecule has 0 saturated heterocycles. The zero-order chi connectivity index (χ0) is 41.5. The van der Waals surface area contributed by atoms with Gasteiger partial charge < -0.3 is 8.98 Å². The van der Waals surface area contributed by atoms with Gasteiger partial charge in [-0.1, -0.05) is 170 Å². The summed E-state index contributed by atoms with van der Waals surface area (Å²) in [4.78, 5) is 10.6. The van der Waals surface area contributed by atoms with Gasteiger partial charge in [-0.25, -0.2) is 9.97 Å². The second kappa shape index (κ2) is 13.8. The first-order chi connectivity index (χ1) is 31.2. The first-order valence-corrected chi connectivity index (χ1v) is 21.5. The largest absolute Gasteiger partial charge is 0.456 e. The van der Waals surface area contributed by atoms with Gasteiger partial charge in [0.15, 0.2) is 5.82 Å². The Kier molecular flexibility index (Phi) is 7.79. The van der Waals surface area contributed by atoms with Gasteiger partial charge in [-0.15, -0.1) is 0 Å². The van der Waals surface area contributed by atoms with E-state index in [1.165, 1.54) is 44.2 Å². The van der Waals surface area contributed by atoms with Crippen LogP contribution in [0.4, 0.5) is 0 Å². The van der Waals surface area contributed by atoms with Crippen LogP contribution in [-0.2, 0) is 5.41 Å². The number of hydrogen-bond donors (Lipinski definition) is 0. The predicted molar refractivity (Wildman–Crippen MR) is 257 cm³/mol. The summed E-state index contributed by atoms with van der Waals surface area (Å²) in [7, 11) is 0. The summed E-state index contributed by atoms with van der Waals surface area (Å²) in [5.41, 5.74) is 16.7. The summed E-state index contributed by atoms with van der Waals surface area (Å²) in [5.74, 6) is 0.655. The van der Waals surface area contributed by atoms with E-state index in [9.17, 15) is 0 Å². The Morgan fingerprint density at radius 1 is 0.365 bits per heavy atom. The zero-order valence-electron chi connectivity index (χ0n) is 34.1. The molecule has 63 heavy (non-hydrogen) atoms. The Balaban J connectivity index is 1.03. The van der Waals surface area contributed by atoms with Crippen LogP contribution in [0.25, 0.3) is 94.5 Å². The van der Waals surface area contributed by atoms with Gasteiger partial charge in [0, 0.05) is 43.9 Å². The maximum absolute atomic E-state index is 6.33. The van der Waals surface area contributed by atoms with Crippen molar-refractivity contribution in [1.82, 2.24) is 14.5 Å². The number of hydrogen-bond acceptors (Lipinski definition) is 3. The van der Waals surface area contributed by atoms with Crippen molar-refractivity contribution in [2.45, 2.75) is 5.41 Å². The fourth-order valence-electron chi connectivity index (χ4n) is 10.3. The first kappa shape index (κ1) is 35.4. The van der Waals surface area contributed by atoms with E-state index in [4.69, 9.17) is 14.4 Å². The monoisotopic (exact) mass is 803 g/mol. The van der Waals surface area contributed by atoms with E-state index in [2.05, 4.69) is 211 Å². The molecule has 3 heterocycles. The number of rotatable bonds is 6. The van der Waals surface area contributed by atoms with Gasteiger partial charge in [0.05, 0.1) is 27.8 Å². The van der Waals surface area contributed by atoms with Crippen molar-refractivity contribution in [2.24, 2.45) is 0 Å². The maximum atomic E-state index is 6.33. The molecular formula is C59H37N3O. The molecule has 0 amide bonds. The summed E-state index contributed by atoms with van der Waals surface area (Å²) < 4.78 is 8.76. The molecule has 1 aliphatic rings. The summed E-state index contributed by atoms with van der Waals surface area (Å²) in [6.45, 7) is 0. The van der Waals surface area contributed by atoms with Crippen LogP contribution in [0.1, 0.15) is 22.3 Å². The van der Waals surface area contributed by atoms with Crippen LogP contribution in [0, 0.1) is 0 Å². The van der Waals surface area contributed by atoms with Gasteiger partial charge in [-0.3, -0.25) is 0 Å². The van der Waals surface area contributed by atoms with Crippen molar-refractivity contribution in [3.05, 3.63) is 247 Å². The smallest absolute Gasteiger partial charge is 0.160 e. The molecule has 4 heteroatoms. The first-order valence-electron chi connectivity index (χ1n) is 21.5. The summed E-state index contributed by atoms with van der Waals surface area (Å²) in [5, 5.41) is 4.62. The molecule has 0 fully saturated rings. The minimum atomic E-state index is -0.515. The lowest BCUT2D eigenvalue weighted by Gasteiger charge is -2.34. The molecule has 0 unspecified atom stereocenters. The van der Waals surface area contributed by atoms with E-state index >= 15 is 0 Å². The third-order valence-corrected chi connectivity index (χ3v) is 13.1. The standard InChI is InChI=1S/C59H37N3O/c1-4-17-38(18-5-1)52-37-53(39-31-32-47-46-27-12-15-30-56(46)63-57(47)34-39)61-58(60-52)40-19-16-24-43(33-40)62-54-29-14-11-26-45(54)49-35-48-44-25-10-13-28-50(44)59(51(48)36-55(49)62,41-20-6-2-7-21-41)42-22-8-3-9-23-42/h1-37H. The number of nitrogens with zero attached hydrogens (tertiary/aromatic N) is 3. The molecule has 3 aromatic heterocycles. The molecule has 0 spiro atoms. The molecule has 0 aliphatic heterocycles. The lowest BCUT2D eigenvalue weighted by molar-refractivity contribution is 0.669. The number of para-hydroxylation sites is 2. The van der Waals surface area contributed by atoms with Gasteiger partial charge in [0.25, 0.3) is 0 Å². The average molecular weight is 804 g/mol. The Bertz CT molecular complexity index is 3700. The van der Waals surface area contributed by atoms with E-state index in [0.29, 0.717) is 5.82 Å². The highest BCUT2D eigenvalue weighted by molar-refractivity contribution is 6.12. The molecule has 0 atom stereocenters. The quantitative estimate of drug-likeness (QED) is 0.168. The second-order valence-corrected chi connectivity index (χ2v) is 16.5. The zero-order valence-corrected chi connectivity index (χ0v) is 34.1. The molecule has 0 N–H and O–H groups in total. The molecule has 1 aliphatic carbocycles. The van der Waals surface area contributed by atoms with Crippen molar-refractivity contribution >= 4 is 43.7 Å². The highest BCUT2D eigenvalue weighted by atomic mass is 16.3. The Morgan fingerprint density at radius 3 is 1.79 bits per heavy atom. The minimum Gasteiger partial charge on any atom is -0.456 e. The van der Waals surface area contributed by atoms with Crippen LogP contribution < -0.4 is 0 Å². The number of furan rings is 1. The molecule has 13 rings (SSSR count). The lowest BCUT2D eigenvalue weighted by Crippen LogP contribution is -2.28. The van der Waals surface area contributed by atoms with Crippen LogP contribution in [0.2, 0.25) is 0 Å². The van der Waals surface area contributed by atoms with Gasteiger partial charge in [-0.2, -0.15) is 0 Å². The van der Waals surface area contributed by atoms with Crippen LogP contribution in [-0.4, -0.2) is 14.5 Å². The third-order valence-electron chi connectivity index (χ3n) is 13.1. The lowest BCUT2D eigenvalue weighted by atomic mass is 9.67. The Morgan fingerprint density at radius 2 is 1.00 bits per heavy atom. The van der Waals surface area contributed by atoms with Gasteiger partial charge >= 0.3 is 0 Å². The van der Waals surface area contributed by atoms with Crippen molar-refractivity contribution in [1.29, 1.82) is 0 Å². The fourth-order valence-corrected chi connectivity index (χ4v) is 10.3. The number of benzene rings is 9.